The van der Waals surface area contributed by atoms with Crippen LogP contribution in [0.1, 0.15) is 16.1 Å². The Morgan fingerprint density at radius 2 is 1.71 bits per heavy atom. The van der Waals surface area contributed by atoms with Crippen LogP contribution in [0.5, 0.6) is 5.75 Å². The normalized spacial score (nSPS) is 10.8. The number of hydrogen-bond acceptors (Lipinski definition) is 5. The lowest BCUT2D eigenvalue weighted by Crippen LogP contribution is -2.23. The molecule has 0 bridgehead atoms. The Morgan fingerprint density at radius 3 is 2.43 bits per heavy atom. The molecule has 35 heavy (non-hydrogen) atoms. The van der Waals surface area contributed by atoms with Crippen LogP contribution < -0.4 is 10.1 Å². The highest BCUT2D eigenvalue weighted by Gasteiger charge is 2.17. The average Bonchev–Trinajstić information content (AvgIpc) is 3.57. The fourth-order valence-corrected chi connectivity index (χ4v) is 3.91. The number of amides is 1. The van der Waals surface area contributed by atoms with Crippen molar-refractivity contribution in [3.05, 3.63) is 107 Å². The van der Waals surface area contributed by atoms with Crippen LogP contribution in [0.15, 0.2) is 100 Å². The lowest BCUT2D eigenvalue weighted by Gasteiger charge is -2.05. The standard InChI is InChI=1S/C27H21BrN4O3/c1-34-23-13-9-19(10-14-23)26-20(17-32(30-26)22-5-3-2-4-6-22)16-29-27(33)24-15-25(35-31-24)18-7-11-21(28)12-8-18/h2-15,17H,16H2,1H3,(H,29,33). The maximum atomic E-state index is 12.8. The van der Waals surface area contributed by atoms with E-state index in [0.29, 0.717) is 5.76 Å². The summed E-state index contributed by atoms with van der Waals surface area (Å²) in [7, 11) is 1.63. The van der Waals surface area contributed by atoms with E-state index in [4.69, 9.17) is 14.4 Å². The van der Waals surface area contributed by atoms with E-state index in [1.165, 1.54) is 0 Å². The molecule has 0 saturated carbocycles. The van der Waals surface area contributed by atoms with Gasteiger partial charge in [-0.2, -0.15) is 5.10 Å². The van der Waals surface area contributed by atoms with Crippen molar-refractivity contribution in [2.75, 3.05) is 7.11 Å². The molecule has 0 atom stereocenters. The summed E-state index contributed by atoms with van der Waals surface area (Å²) < 4.78 is 13.4. The fraction of sp³-hybridized carbons (Fsp3) is 0.0741. The SMILES string of the molecule is COc1ccc(-c2nn(-c3ccccc3)cc2CNC(=O)c2cc(-c3ccc(Br)cc3)on2)cc1. The Hall–Kier alpha value is -4.17. The van der Waals surface area contributed by atoms with Gasteiger partial charge in [-0.3, -0.25) is 4.79 Å². The number of ether oxygens (including phenoxy) is 1. The van der Waals surface area contributed by atoms with Gasteiger partial charge in [0.2, 0.25) is 0 Å². The van der Waals surface area contributed by atoms with Crippen molar-refractivity contribution in [3.63, 3.8) is 0 Å². The molecule has 0 fully saturated rings. The number of rotatable bonds is 7. The van der Waals surface area contributed by atoms with Crippen LogP contribution in [0.4, 0.5) is 0 Å². The molecule has 0 aliphatic rings. The van der Waals surface area contributed by atoms with E-state index < -0.39 is 0 Å². The van der Waals surface area contributed by atoms with E-state index in [0.717, 1.165) is 38.3 Å². The number of hydrogen-bond donors (Lipinski definition) is 1. The summed E-state index contributed by atoms with van der Waals surface area (Å²) in [5, 5.41) is 11.7. The second-order valence-electron chi connectivity index (χ2n) is 7.78. The van der Waals surface area contributed by atoms with E-state index in [-0.39, 0.29) is 18.1 Å². The summed E-state index contributed by atoms with van der Waals surface area (Å²) in [5.41, 5.74) is 4.53. The van der Waals surface area contributed by atoms with Gasteiger partial charge in [0.05, 0.1) is 18.5 Å². The number of halogens is 1. The summed E-state index contributed by atoms with van der Waals surface area (Å²) >= 11 is 3.41. The summed E-state index contributed by atoms with van der Waals surface area (Å²) in [6.45, 7) is 0.271. The summed E-state index contributed by atoms with van der Waals surface area (Å²) in [4.78, 5) is 12.8. The molecule has 0 radical (unpaired) electrons. The zero-order valence-corrected chi connectivity index (χ0v) is 20.4. The van der Waals surface area contributed by atoms with E-state index in [9.17, 15) is 4.79 Å². The van der Waals surface area contributed by atoms with Crippen molar-refractivity contribution < 1.29 is 14.1 Å². The molecular weight excluding hydrogens is 508 g/mol. The Bertz CT molecular complexity index is 1440. The predicted octanol–water partition coefficient (Wildman–Crippen LogP) is 5.90. The fourth-order valence-electron chi connectivity index (χ4n) is 3.64. The number of aromatic nitrogens is 3. The van der Waals surface area contributed by atoms with Crippen LogP contribution in [0.2, 0.25) is 0 Å². The lowest BCUT2D eigenvalue weighted by atomic mass is 10.1. The van der Waals surface area contributed by atoms with E-state index >= 15 is 0 Å². The zero-order chi connectivity index (χ0) is 24.2. The molecule has 0 unspecified atom stereocenters. The molecule has 174 valence electrons. The number of benzene rings is 3. The molecule has 0 aliphatic heterocycles. The molecule has 5 rings (SSSR count). The van der Waals surface area contributed by atoms with Crippen LogP contribution in [0.3, 0.4) is 0 Å². The van der Waals surface area contributed by atoms with Crippen molar-refractivity contribution >= 4 is 21.8 Å². The number of carbonyl (C=O) groups excluding carboxylic acids is 1. The van der Waals surface area contributed by atoms with Gasteiger partial charge in [-0.15, -0.1) is 0 Å². The van der Waals surface area contributed by atoms with Crippen LogP contribution in [-0.2, 0) is 6.54 Å². The average molecular weight is 529 g/mol. The first-order valence-corrected chi connectivity index (χ1v) is 11.7. The first-order chi connectivity index (χ1) is 17.1. The van der Waals surface area contributed by atoms with Crippen LogP contribution in [0.25, 0.3) is 28.3 Å². The molecule has 0 spiro atoms. The van der Waals surface area contributed by atoms with E-state index in [1.54, 1.807) is 13.2 Å². The summed E-state index contributed by atoms with van der Waals surface area (Å²) in [5.74, 6) is 0.961. The van der Waals surface area contributed by atoms with Crippen molar-refractivity contribution in [1.82, 2.24) is 20.3 Å². The molecule has 7 nitrogen and oxygen atoms in total. The third-order valence-corrected chi connectivity index (χ3v) is 6.01. The van der Waals surface area contributed by atoms with Crippen molar-refractivity contribution in [1.29, 1.82) is 0 Å². The number of nitrogens with zero attached hydrogens (tertiary/aromatic N) is 3. The molecular formula is C27H21BrN4O3. The molecule has 0 saturated heterocycles. The second-order valence-corrected chi connectivity index (χ2v) is 8.69. The molecule has 1 amide bonds. The monoisotopic (exact) mass is 528 g/mol. The predicted molar refractivity (Wildman–Crippen MR) is 136 cm³/mol. The second kappa shape index (κ2) is 9.99. The Labute approximate surface area is 210 Å². The topological polar surface area (TPSA) is 82.2 Å². The highest BCUT2D eigenvalue weighted by atomic mass is 79.9. The molecule has 0 aliphatic carbocycles. The Kier molecular flexibility index (Phi) is 6.45. The Morgan fingerprint density at radius 1 is 1.00 bits per heavy atom. The number of nitrogens with one attached hydrogen (secondary N) is 1. The van der Waals surface area contributed by atoms with Crippen LogP contribution in [-0.4, -0.2) is 28.0 Å². The largest absolute Gasteiger partial charge is 0.497 e. The third-order valence-electron chi connectivity index (χ3n) is 5.49. The summed E-state index contributed by atoms with van der Waals surface area (Å²) in [6, 6.07) is 26.7. The van der Waals surface area contributed by atoms with Crippen LogP contribution in [0, 0.1) is 0 Å². The first-order valence-electron chi connectivity index (χ1n) is 10.9. The molecule has 3 aromatic carbocycles. The first kappa shape index (κ1) is 22.6. The van der Waals surface area contributed by atoms with Crippen molar-refractivity contribution in [3.8, 4) is 34.0 Å². The van der Waals surface area contributed by atoms with Gasteiger partial charge < -0.3 is 14.6 Å². The van der Waals surface area contributed by atoms with Crippen LogP contribution >= 0.6 is 15.9 Å². The quantitative estimate of drug-likeness (QED) is 0.284. The smallest absolute Gasteiger partial charge is 0.273 e. The lowest BCUT2D eigenvalue weighted by molar-refractivity contribution is 0.0942. The number of para-hydroxylation sites is 1. The van der Waals surface area contributed by atoms with Gasteiger partial charge in [0.1, 0.15) is 5.75 Å². The zero-order valence-electron chi connectivity index (χ0n) is 18.8. The molecule has 2 heterocycles. The molecule has 8 heteroatoms. The van der Waals surface area contributed by atoms with Gasteiger partial charge in [0.15, 0.2) is 11.5 Å². The van der Waals surface area contributed by atoms with Crippen molar-refractivity contribution in [2.24, 2.45) is 0 Å². The highest BCUT2D eigenvalue weighted by Crippen LogP contribution is 2.26. The molecule has 5 aromatic rings. The minimum Gasteiger partial charge on any atom is -0.497 e. The minimum absolute atomic E-state index is 0.212. The van der Waals surface area contributed by atoms with E-state index in [1.807, 2.05) is 89.7 Å². The number of methoxy groups -OCH3 is 1. The van der Waals surface area contributed by atoms with Gasteiger partial charge in [-0.1, -0.05) is 51.4 Å². The molecule has 2 aromatic heterocycles. The summed E-state index contributed by atoms with van der Waals surface area (Å²) in [6.07, 6.45) is 1.92. The van der Waals surface area contributed by atoms with Gasteiger partial charge in [-0.25, -0.2) is 4.68 Å². The van der Waals surface area contributed by atoms with Gasteiger partial charge in [0.25, 0.3) is 5.91 Å². The van der Waals surface area contributed by atoms with Gasteiger partial charge >= 0.3 is 0 Å². The van der Waals surface area contributed by atoms with Gasteiger partial charge in [0, 0.05) is 40.0 Å². The minimum atomic E-state index is -0.328. The highest BCUT2D eigenvalue weighted by molar-refractivity contribution is 9.10. The number of carbonyl (C=O) groups is 1. The van der Waals surface area contributed by atoms with Gasteiger partial charge in [-0.05, 0) is 48.5 Å². The Balaban J connectivity index is 1.38. The van der Waals surface area contributed by atoms with E-state index in [2.05, 4.69) is 26.4 Å². The van der Waals surface area contributed by atoms with Crippen molar-refractivity contribution in [2.45, 2.75) is 6.54 Å². The maximum absolute atomic E-state index is 12.8. The third kappa shape index (κ3) is 5.02. The maximum Gasteiger partial charge on any atom is 0.273 e. The molecule has 1 N–H and O–H groups in total.